The molecule has 0 radical (unpaired) electrons. The maximum Gasteiger partial charge on any atom is 0.412 e. The molecule has 5 heterocycles. The first-order chi connectivity index (χ1) is 20.8. The third-order valence-corrected chi connectivity index (χ3v) is 8.10. The zero-order valence-corrected chi connectivity index (χ0v) is 24.3. The first-order valence-corrected chi connectivity index (χ1v) is 14.0. The lowest BCUT2D eigenvalue weighted by atomic mass is 9.94. The fourth-order valence-corrected chi connectivity index (χ4v) is 6.16. The van der Waals surface area contributed by atoms with Crippen LogP contribution in [0.1, 0.15) is 37.5 Å². The molecule has 0 atom stereocenters. The molecule has 1 fully saturated rings. The van der Waals surface area contributed by atoms with Gasteiger partial charge in [-0.05, 0) is 31.9 Å². The van der Waals surface area contributed by atoms with Gasteiger partial charge in [0.2, 0.25) is 0 Å². The maximum atomic E-state index is 16.5. The van der Waals surface area contributed by atoms with E-state index < -0.39 is 54.8 Å². The van der Waals surface area contributed by atoms with Crippen molar-refractivity contribution in [1.29, 1.82) is 5.26 Å². The van der Waals surface area contributed by atoms with Gasteiger partial charge in [-0.1, -0.05) is 0 Å². The van der Waals surface area contributed by atoms with Crippen LogP contribution in [0.2, 0.25) is 0 Å². The summed E-state index contributed by atoms with van der Waals surface area (Å²) >= 11 is 0.777. The number of hydrogen-bond donors (Lipinski definition) is 2. The minimum absolute atomic E-state index is 0.00499. The van der Waals surface area contributed by atoms with Gasteiger partial charge in [-0.3, -0.25) is 10.3 Å². The first kappa shape index (κ1) is 29.3. The van der Waals surface area contributed by atoms with Gasteiger partial charge in [0.15, 0.2) is 17.3 Å². The molecule has 1 aromatic carbocycles. The number of anilines is 1. The molecule has 1 saturated heterocycles. The standard InChI is InChI=1S/C28H23F3N6O6S/c1-27(2,3)43-25(38)36-23-12(4-32)18-21(33-6-16(29)22(18)44-23)17-15-8-41-7-14(15)13-5-34-24(35-20(13)19(17)30)42-11-28(31)9-37(10-28)26(39)40/h5-6H,7-11H2,1-3H3,(H,36,38)(H,39,40). The first-order valence-electron chi connectivity index (χ1n) is 13.2. The summed E-state index contributed by atoms with van der Waals surface area (Å²) in [6.07, 6.45) is 0.0905. The molecule has 4 aromatic rings. The van der Waals surface area contributed by atoms with Gasteiger partial charge < -0.3 is 24.2 Å². The lowest BCUT2D eigenvalue weighted by Gasteiger charge is -2.41. The fourth-order valence-electron chi connectivity index (χ4n) is 5.12. The number of carboxylic acid groups (broad SMARTS) is 1. The highest BCUT2D eigenvalue weighted by Gasteiger charge is 2.47. The van der Waals surface area contributed by atoms with Crippen LogP contribution in [-0.4, -0.2) is 68.1 Å². The van der Waals surface area contributed by atoms with E-state index in [4.69, 9.17) is 19.3 Å². The van der Waals surface area contributed by atoms with E-state index in [9.17, 15) is 19.2 Å². The van der Waals surface area contributed by atoms with Crippen LogP contribution in [0, 0.1) is 23.0 Å². The van der Waals surface area contributed by atoms with Crippen molar-refractivity contribution in [3.63, 3.8) is 0 Å². The van der Waals surface area contributed by atoms with E-state index in [1.807, 2.05) is 6.07 Å². The van der Waals surface area contributed by atoms with Gasteiger partial charge >= 0.3 is 18.2 Å². The summed E-state index contributed by atoms with van der Waals surface area (Å²) in [5.41, 5.74) is -2.35. The van der Waals surface area contributed by atoms with Crippen molar-refractivity contribution in [2.24, 2.45) is 0 Å². The molecule has 2 N–H and O–H groups in total. The molecule has 228 valence electrons. The van der Waals surface area contributed by atoms with E-state index in [1.165, 1.54) is 6.20 Å². The van der Waals surface area contributed by atoms with Crippen LogP contribution in [-0.2, 0) is 22.7 Å². The summed E-state index contributed by atoms with van der Waals surface area (Å²) in [5, 5.41) is 21.8. The van der Waals surface area contributed by atoms with Crippen molar-refractivity contribution in [3.8, 4) is 23.3 Å². The Bertz CT molecular complexity index is 1910. The number of likely N-dealkylation sites (tertiary alicyclic amines) is 1. The third-order valence-electron chi connectivity index (χ3n) is 6.99. The Morgan fingerprint density at radius 3 is 2.64 bits per heavy atom. The van der Waals surface area contributed by atoms with Crippen LogP contribution in [0.5, 0.6) is 6.01 Å². The second-order valence-electron chi connectivity index (χ2n) is 11.3. The number of alkyl halides is 1. The van der Waals surface area contributed by atoms with Crippen molar-refractivity contribution in [2.75, 3.05) is 25.0 Å². The predicted octanol–water partition coefficient (Wildman–Crippen LogP) is 5.51. The number of ether oxygens (including phenoxy) is 3. The number of halogens is 3. The maximum absolute atomic E-state index is 16.5. The smallest absolute Gasteiger partial charge is 0.412 e. The average Bonchev–Trinajstić information content (AvgIpc) is 3.56. The quantitative estimate of drug-likeness (QED) is 0.288. The number of benzene rings is 1. The van der Waals surface area contributed by atoms with Crippen molar-refractivity contribution < 1.29 is 42.1 Å². The second-order valence-corrected chi connectivity index (χ2v) is 12.4. The summed E-state index contributed by atoms with van der Waals surface area (Å²) in [6, 6.07) is 1.62. The van der Waals surface area contributed by atoms with E-state index >= 15 is 8.78 Å². The number of hydrogen-bond acceptors (Lipinski definition) is 10. The van der Waals surface area contributed by atoms with Gasteiger partial charge in [0.1, 0.15) is 28.8 Å². The van der Waals surface area contributed by atoms with Crippen LogP contribution in [0.3, 0.4) is 0 Å². The number of thiophene rings is 1. The number of aromatic nitrogens is 3. The van der Waals surface area contributed by atoms with Crippen molar-refractivity contribution in [3.05, 3.63) is 40.7 Å². The lowest BCUT2D eigenvalue weighted by molar-refractivity contribution is -0.0492. The number of fused-ring (bicyclic) bond motifs is 4. The molecular formula is C28H23F3N6O6S. The number of nitrogens with zero attached hydrogens (tertiary/aromatic N) is 5. The van der Waals surface area contributed by atoms with E-state index in [2.05, 4.69) is 20.3 Å². The number of carbonyl (C=O) groups excluding carboxylic acids is 1. The highest BCUT2D eigenvalue weighted by atomic mass is 32.1. The summed E-state index contributed by atoms with van der Waals surface area (Å²) < 4.78 is 62.6. The number of rotatable bonds is 5. The van der Waals surface area contributed by atoms with Crippen molar-refractivity contribution >= 4 is 49.5 Å². The minimum atomic E-state index is -1.95. The van der Waals surface area contributed by atoms with E-state index in [-0.39, 0.29) is 56.6 Å². The number of nitrogens with one attached hydrogen (secondary N) is 1. The van der Waals surface area contributed by atoms with Gasteiger partial charge in [-0.15, -0.1) is 11.3 Å². The summed E-state index contributed by atoms with van der Waals surface area (Å²) in [6.45, 7) is 3.69. The van der Waals surface area contributed by atoms with Crippen molar-refractivity contribution in [2.45, 2.75) is 45.3 Å². The zero-order chi connectivity index (χ0) is 31.6. The zero-order valence-electron chi connectivity index (χ0n) is 23.5. The summed E-state index contributed by atoms with van der Waals surface area (Å²) in [5.74, 6) is -1.67. The average molecular weight is 629 g/mol. The molecule has 0 spiro atoms. The Balaban J connectivity index is 1.45. The second kappa shape index (κ2) is 10.5. The summed E-state index contributed by atoms with van der Waals surface area (Å²) in [7, 11) is 0. The Labute approximate surface area is 251 Å². The van der Waals surface area contributed by atoms with Gasteiger partial charge in [-0.25, -0.2) is 27.7 Å². The minimum Gasteiger partial charge on any atom is -0.465 e. The monoisotopic (exact) mass is 628 g/mol. The molecule has 6 rings (SSSR count). The topological polar surface area (TPSA) is 160 Å². The Hall–Kier alpha value is -4.75. The van der Waals surface area contributed by atoms with Crippen LogP contribution >= 0.6 is 11.3 Å². The Morgan fingerprint density at radius 1 is 1.23 bits per heavy atom. The highest BCUT2D eigenvalue weighted by Crippen LogP contribution is 2.46. The molecule has 0 unspecified atom stereocenters. The molecule has 12 nitrogen and oxygen atoms in total. The number of pyridine rings is 1. The molecule has 0 saturated carbocycles. The Morgan fingerprint density at radius 2 is 1.95 bits per heavy atom. The molecule has 2 aliphatic rings. The fraction of sp³-hybridized carbons (Fsp3) is 0.357. The van der Waals surface area contributed by atoms with Gasteiger partial charge in [0.25, 0.3) is 0 Å². The number of nitriles is 1. The van der Waals surface area contributed by atoms with Gasteiger partial charge in [-0.2, -0.15) is 10.2 Å². The van der Waals surface area contributed by atoms with Crippen LogP contribution in [0.25, 0.3) is 32.2 Å². The molecular weight excluding hydrogens is 605 g/mol. The lowest BCUT2D eigenvalue weighted by Crippen LogP contribution is -2.63. The highest BCUT2D eigenvalue weighted by molar-refractivity contribution is 7.23. The number of amides is 2. The van der Waals surface area contributed by atoms with E-state index in [1.54, 1.807) is 20.8 Å². The molecule has 2 amide bonds. The van der Waals surface area contributed by atoms with Crippen LogP contribution < -0.4 is 10.1 Å². The largest absolute Gasteiger partial charge is 0.465 e. The Kier molecular flexibility index (Phi) is 6.97. The van der Waals surface area contributed by atoms with E-state index in [0.29, 0.717) is 16.5 Å². The van der Waals surface area contributed by atoms with Crippen LogP contribution in [0.4, 0.5) is 27.8 Å². The molecule has 3 aromatic heterocycles. The van der Waals surface area contributed by atoms with Crippen molar-refractivity contribution in [1.82, 2.24) is 19.9 Å². The molecule has 0 aliphatic carbocycles. The van der Waals surface area contributed by atoms with Gasteiger partial charge in [0.05, 0.1) is 48.5 Å². The molecule has 44 heavy (non-hydrogen) atoms. The molecule has 2 aliphatic heterocycles. The molecule has 0 bridgehead atoms. The SMILES string of the molecule is CC(C)(C)OC(=O)Nc1sc2c(F)cnc(-c3c4c(c5cnc(OCC6(F)CN(C(=O)O)C6)nc5c3F)COC4)c2c1C#N. The van der Waals surface area contributed by atoms with Gasteiger partial charge in [0, 0.05) is 22.5 Å². The summed E-state index contributed by atoms with van der Waals surface area (Å²) in [4.78, 5) is 36.8. The predicted molar refractivity (Wildman–Crippen MR) is 150 cm³/mol. The number of carbonyl (C=O) groups is 2. The normalized spacial score (nSPS) is 15.5. The van der Waals surface area contributed by atoms with E-state index in [0.717, 1.165) is 22.4 Å². The third kappa shape index (κ3) is 5.07. The van der Waals surface area contributed by atoms with Crippen LogP contribution in [0.15, 0.2) is 12.4 Å². The molecule has 16 heteroatoms.